The van der Waals surface area contributed by atoms with Gasteiger partial charge < -0.3 is 20.1 Å². The number of carbonyl (C=O) groups excluding carboxylic acids is 2. The Morgan fingerprint density at radius 2 is 1.36 bits per heavy atom. The summed E-state index contributed by atoms with van der Waals surface area (Å²) in [6.07, 6.45) is 2.11. The van der Waals surface area contributed by atoms with Crippen LogP contribution in [-0.2, 0) is 9.47 Å². The monoisotopic (exact) mass is 312 g/mol. The SMILES string of the molecule is CC(C)(C)OC(=O)NCC(CNC(=O)OC(C)(C)C)C1=CC1. The molecule has 1 aliphatic carbocycles. The Balaban J connectivity index is 2.36. The normalized spacial score (nSPS) is 14.2. The number of hydrogen-bond donors (Lipinski definition) is 2. The molecule has 6 heteroatoms. The van der Waals surface area contributed by atoms with Gasteiger partial charge in [-0.15, -0.1) is 0 Å². The van der Waals surface area contributed by atoms with E-state index >= 15 is 0 Å². The fourth-order valence-electron chi connectivity index (χ4n) is 1.77. The third kappa shape index (κ3) is 8.54. The van der Waals surface area contributed by atoms with E-state index in [1.807, 2.05) is 41.5 Å². The minimum atomic E-state index is -0.521. The third-order valence-electron chi connectivity index (χ3n) is 2.75. The minimum Gasteiger partial charge on any atom is -0.444 e. The van der Waals surface area contributed by atoms with E-state index in [1.54, 1.807) is 0 Å². The van der Waals surface area contributed by atoms with Crippen LogP contribution in [0.25, 0.3) is 0 Å². The van der Waals surface area contributed by atoms with Gasteiger partial charge in [-0.1, -0.05) is 11.6 Å². The van der Waals surface area contributed by atoms with Crippen LogP contribution >= 0.6 is 0 Å². The fourth-order valence-corrected chi connectivity index (χ4v) is 1.77. The molecule has 1 rings (SSSR count). The van der Waals surface area contributed by atoms with Gasteiger partial charge in [0.1, 0.15) is 11.2 Å². The summed E-state index contributed by atoms with van der Waals surface area (Å²) in [4.78, 5) is 23.3. The van der Waals surface area contributed by atoms with E-state index in [4.69, 9.17) is 9.47 Å². The average Bonchev–Trinajstić information content (AvgIpc) is 3.08. The topological polar surface area (TPSA) is 76.7 Å². The quantitative estimate of drug-likeness (QED) is 0.765. The molecule has 126 valence electrons. The number of ether oxygens (including phenoxy) is 2. The zero-order valence-electron chi connectivity index (χ0n) is 14.4. The van der Waals surface area contributed by atoms with E-state index < -0.39 is 23.4 Å². The summed E-state index contributed by atoms with van der Waals surface area (Å²) in [5.41, 5.74) is 0.188. The molecule has 0 spiro atoms. The van der Waals surface area contributed by atoms with E-state index in [1.165, 1.54) is 5.57 Å². The van der Waals surface area contributed by atoms with E-state index in [9.17, 15) is 9.59 Å². The molecule has 0 aromatic carbocycles. The van der Waals surface area contributed by atoms with Crippen LogP contribution in [0.2, 0.25) is 0 Å². The summed E-state index contributed by atoms with van der Waals surface area (Å²) < 4.78 is 10.4. The molecule has 2 amide bonds. The summed E-state index contributed by atoms with van der Waals surface area (Å²) in [5, 5.41) is 5.48. The zero-order valence-corrected chi connectivity index (χ0v) is 14.4. The van der Waals surface area contributed by atoms with Crippen molar-refractivity contribution in [1.29, 1.82) is 0 Å². The Hall–Kier alpha value is -1.72. The lowest BCUT2D eigenvalue weighted by atomic mass is 10.1. The highest BCUT2D eigenvalue weighted by atomic mass is 16.6. The lowest BCUT2D eigenvalue weighted by molar-refractivity contribution is 0.0514. The summed E-state index contributed by atoms with van der Waals surface area (Å²) in [5.74, 6) is 0.0695. The van der Waals surface area contributed by atoms with E-state index in [0.717, 1.165) is 6.42 Å². The summed E-state index contributed by atoms with van der Waals surface area (Å²) in [6, 6.07) is 0. The van der Waals surface area contributed by atoms with Crippen molar-refractivity contribution in [3.63, 3.8) is 0 Å². The van der Waals surface area contributed by atoms with Crippen molar-refractivity contribution >= 4 is 12.2 Å². The summed E-state index contributed by atoms with van der Waals surface area (Å²) >= 11 is 0. The van der Waals surface area contributed by atoms with Gasteiger partial charge >= 0.3 is 12.2 Å². The van der Waals surface area contributed by atoms with Crippen LogP contribution in [0.3, 0.4) is 0 Å². The lowest BCUT2D eigenvalue weighted by Crippen LogP contribution is -2.40. The Morgan fingerprint density at radius 3 is 1.64 bits per heavy atom. The molecule has 0 saturated heterocycles. The molecule has 0 aliphatic heterocycles. The predicted molar refractivity (Wildman–Crippen MR) is 84.7 cm³/mol. The Bertz CT molecular complexity index is 412. The van der Waals surface area contributed by atoms with Crippen LogP contribution < -0.4 is 10.6 Å². The zero-order chi connectivity index (χ0) is 17.0. The van der Waals surface area contributed by atoms with Gasteiger partial charge in [0.2, 0.25) is 0 Å². The standard InChI is InChI=1S/C16H28N2O4/c1-15(2,3)21-13(19)17-9-12(11-7-8-11)10-18-14(20)22-16(4,5)6/h7,12H,8-10H2,1-6H3,(H,17,19)(H,18,20). The van der Waals surface area contributed by atoms with Gasteiger partial charge in [0, 0.05) is 19.0 Å². The van der Waals surface area contributed by atoms with Gasteiger partial charge in [-0.25, -0.2) is 9.59 Å². The molecule has 0 fully saturated rings. The maximum absolute atomic E-state index is 11.7. The Kier molecular flexibility index (Phi) is 5.85. The molecule has 2 N–H and O–H groups in total. The molecule has 0 saturated carbocycles. The highest BCUT2D eigenvalue weighted by molar-refractivity contribution is 5.68. The molecule has 6 nitrogen and oxygen atoms in total. The highest BCUT2D eigenvalue weighted by Crippen LogP contribution is 2.27. The van der Waals surface area contributed by atoms with Gasteiger partial charge in [0.25, 0.3) is 0 Å². The number of hydrogen-bond acceptors (Lipinski definition) is 4. The van der Waals surface area contributed by atoms with Gasteiger partial charge in [-0.3, -0.25) is 0 Å². The van der Waals surface area contributed by atoms with Gasteiger partial charge in [0.05, 0.1) is 0 Å². The molecule has 0 radical (unpaired) electrons. The van der Waals surface area contributed by atoms with Crippen LogP contribution in [0.5, 0.6) is 0 Å². The van der Waals surface area contributed by atoms with Crippen molar-refractivity contribution < 1.29 is 19.1 Å². The first kappa shape index (κ1) is 18.3. The van der Waals surface area contributed by atoms with Gasteiger partial charge in [-0.2, -0.15) is 0 Å². The molecular weight excluding hydrogens is 284 g/mol. The molecule has 0 unspecified atom stereocenters. The second kappa shape index (κ2) is 7.03. The molecule has 0 bridgehead atoms. The van der Waals surface area contributed by atoms with E-state index in [2.05, 4.69) is 16.7 Å². The van der Waals surface area contributed by atoms with Gasteiger partial charge in [0.15, 0.2) is 0 Å². The second-order valence-corrected chi connectivity index (χ2v) is 7.45. The third-order valence-corrected chi connectivity index (χ3v) is 2.75. The molecule has 1 aliphatic rings. The predicted octanol–water partition coefficient (Wildman–Crippen LogP) is 2.98. The van der Waals surface area contributed by atoms with Crippen molar-refractivity contribution in [1.82, 2.24) is 10.6 Å². The smallest absolute Gasteiger partial charge is 0.407 e. The summed E-state index contributed by atoms with van der Waals surface area (Å²) in [7, 11) is 0. The largest absolute Gasteiger partial charge is 0.444 e. The number of amides is 2. The lowest BCUT2D eigenvalue weighted by Gasteiger charge is -2.23. The molecule has 0 aromatic heterocycles. The Labute approximate surface area is 132 Å². The van der Waals surface area contributed by atoms with Crippen LogP contribution in [0.15, 0.2) is 11.6 Å². The maximum atomic E-state index is 11.7. The number of nitrogens with one attached hydrogen (secondary N) is 2. The van der Waals surface area contributed by atoms with Crippen LogP contribution in [0.1, 0.15) is 48.0 Å². The van der Waals surface area contributed by atoms with Crippen LogP contribution in [-0.4, -0.2) is 36.5 Å². The first-order valence-electron chi connectivity index (χ1n) is 7.59. The minimum absolute atomic E-state index is 0.0695. The summed E-state index contributed by atoms with van der Waals surface area (Å²) in [6.45, 7) is 11.8. The number of rotatable bonds is 5. The average molecular weight is 312 g/mol. The first-order chi connectivity index (χ1) is 9.96. The van der Waals surface area contributed by atoms with Crippen molar-refractivity contribution in [3.8, 4) is 0 Å². The van der Waals surface area contributed by atoms with Crippen molar-refractivity contribution in [3.05, 3.63) is 11.6 Å². The maximum Gasteiger partial charge on any atom is 0.407 e. The molecule has 0 atom stereocenters. The first-order valence-corrected chi connectivity index (χ1v) is 7.59. The number of allylic oxidation sites excluding steroid dienone is 1. The van der Waals surface area contributed by atoms with Crippen LogP contribution in [0.4, 0.5) is 9.59 Å². The Morgan fingerprint density at radius 1 is 1.00 bits per heavy atom. The van der Waals surface area contributed by atoms with Crippen LogP contribution in [0, 0.1) is 5.92 Å². The second-order valence-electron chi connectivity index (χ2n) is 7.45. The molecular formula is C16H28N2O4. The van der Waals surface area contributed by atoms with Crippen molar-refractivity contribution in [2.45, 2.75) is 59.2 Å². The van der Waals surface area contributed by atoms with E-state index in [-0.39, 0.29) is 5.92 Å². The molecule has 0 aromatic rings. The van der Waals surface area contributed by atoms with Crippen molar-refractivity contribution in [2.24, 2.45) is 5.92 Å². The van der Waals surface area contributed by atoms with Gasteiger partial charge in [-0.05, 0) is 48.0 Å². The highest BCUT2D eigenvalue weighted by Gasteiger charge is 2.24. The molecule has 22 heavy (non-hydrogen) atoms. The number of carbonyl (C=O) groups is 2. The van der Waals surface area contributed by atoms with E-state index in [0.29, 0.717) is 13.1 Å². The fraction of sp³-hybridized carbons (Fsp3) is 0.750. The number of alkyl carbamates (subject to hydrolysis) is 2. The molecule has 0 heterocycles. The van der Waals surface area contributed by atoms with Crippen molar-refractivity contribution in [2.75, 3.05) is 13.1 Å².